The van der Waals surface area contributed by atoms with Crippen molar-refractivity contribution in [1.29, 1.82) is 0 Å². The van der Waals surface area contributed by atoms with Crippen molar-refractivity contribution in [3.05, 3.63) is 0 Å². The molecule has 0 bridgehead atoms. The third kappa shape index (κ3) is 5.14. The van der Waals surface area contributed by atoms with Gasteiger partial charge in [0.2, 0.25) is 0 Å². The summed E-state index contributed by atoms with van der Waals surface area (Å²) < 4.78 is 0. The van der Waals surface area contributed by atoms with Gasteiger partial charge in [0.25, 0.3) is 6.47 Å². The van der Waals surface area contributed by atoms with E-state index in [2.05, 4.69) is 20.8 Å². The second-order valence-electron chi connectivity index (χ2n) is 5.36. The Morgan fingerprint density at radius 1 is 1.19 bits per heavy atom. The van der Waals surface area contributed by atoms with E-state index in [-0.39, 0.29) is 12.4 Å². The second-order valence-corrected chi connectivity index (χ2v) is 5.36. The summed E-state index contributed by atoms with van der Waals surface area (Å²) in [5.74, 6) is 0.0362. The normalized spacial score (nSPS) is 25.2. The second kappa shape index (κ2) is 6.51. The SMILES string of the molecule is CC(C)(C)C1CCC(C(=O)O)CC1.O=CO. The van der Waals surface area contributed by atoms with Crippen LogP contribution in [0.25, 0.3) is 0 Å². The first-order valence-corrected chi connectivity index (χ1v) is 5.63. The molecule has 1 saturated carbocycles. The van der Waals surface area contributed by atoms with E-state index in [0.717, 1.165) is 25.7 Å². The predicted molar refractivity (Wildman–Crippen MR) is 61.2 cm³/mol. The minimum absolute atomic E-state index is 0.0707. The summed E-state index contributed by atoms with van der Waals surface area (Å²) in [6, 6.07) is 0. The van der Waals surface area contributed by atoms with Gasteiger partial charge in [0.05, 0.1) is 5.92 Å². The van der Waals surface area contributed by atoms with Crippen molar-refractivity contribution in [2.24, 2.45) is 17.3 Å². The number of aliphatic carboxylic acids is 1. The number of rotatable bonds is 1. The number of hydrogen-bond acceptors (Lipinski definition) is 2. The molecule has 0 heterocycles. The molecule has 0 atom stereocenters. The Bertz CT molecular complexity index is 222. The van der Waals surface area contributed by atoms with Gasteiger partial charge in [-0.15, -0.1) is 0 Å². The van der Waals surface area contributed by atoms with Gasteiger partial charge in [-0.25, -0.2) is 0 Å². The first kappa shape index (κ1) is 14.9. The summed E-state index contributed by atoms with van der Waals surface area (Å²) in [7, 11) is 0. The topological polar surface area (TPSA) is 74.6 Å². The summed E-state index contributed by atoms with van der Waals surface area (Å²) >= 11 is 0. The van der Waals surface area contributed by atoms with Gasteiger partial charge in [-0.2, -0.15) is 0 Å². The molecular formula is C12H22O4. The Morgan fingerprint density at radius 2 is 1.56 bits per heavy atom. The zero-order valence-electron chi connectivity index (χ0n) is 10.3. The molecule has 1 rings (SSSR count). The summed E-state index contributed by atoms with van der Waals surface area (Å²) in [5.41, 5.74) is 0.351. The minimum atomic E-state index is -0.604. The van der Waals surface area contributed by atoms with Crippen LogP contribution >= 0.6 is 0 Å². The van der Waals surface area contributed by atoms with Crippen molar-refractivity contribution < 1.29 is 19.8 Å². The highest BCUT2D eigenvalue weighted by Crippen LogP contribution is 2.39. The molecule has 1 aliphatic rings. The van der Waals surface area contributed by atoms with Crippen LogP contribution < -0.4 is 0 Å². The van der Waals surface area contributed by atoms with Gasteiger partial charge in [-0.05, 0) is 37.0 Å². The van der Waals surface area contributed by atoms with Crippen molar-refractivity contribution in [1.82, 2.24) is 0 Å². The Labute approximate surface area is 96.7 Å². The van der Waals surface area contributed by atoms with Crippen LogP contribution in [0.15, 0.2) is 0 Å². The molecule has 1 fully saturated rings. The summed E-state index contributed by atoms with van der Waals surface area (Å²) in [6.45, 7) is 6.50. The summed E-state index contributed by atoms with van der Waals surface area (Å²) in [4.78, 5) is 19.1. The van der Waals surface area contributed by atoms with Gasteiger partial charge in [0.15, 0.2) is 0 Å². The van der Waals surface area contributed by atoms with E-state index in [4.69, 9.17) is 15.0 Å². The van der Waals surface area contributed by atoms with Gasteiger partial charge in [0, 0.05) is 0 Å². The number of carboxylic acids is 1. The molecule has 16 heavy (non-hydrogen) atoms. The molecule has 1 aliphatic carbocycles. The lowest BCUT2D eigenvalue weighted by Gasteiger charge is -2.35. The average molecular weight is 230 g/mol. The minimum Gasteiger partial charge on any atom is -0.483 e. The Morgan fingerprint density at radius 3 is 1.81 bits per heavy atom. The van der Waals surface area contributed by atoms with Gasteiger partial charge in [-0.1, -0.05) is 20.8 Å². The molecular weight excluding hydrogens is 208 g/mol. The van der Waals surface area contributed by atoms with Crippen LogP contribution in [0.5, 0.6) is 0 Å². The maximum atomic E-state index is 10.7. The molecule has 0 aromatic heterocycles. The number of carbonyl (C=O) groups is 2. The molecule has 0 aromatic carbocycles. The molecule has 0 saturated heterocycles. The zero-order valence-corrected chi connectivity index (χ0v) is 10.3. The Kier molecular flexibility index (Phi) is 6.08. The van der Waals surface area contributed by atoms with Gasteiger partial charge >= 0.3 is 5.97 Å². The van der Waals surface area contributed by atoms with Crippen LogP contribution in [0.1, 0.15) is 46.5 Å². The van der Waals surface area contributed by atoms with Crippen molar-refractivity contribution in [2.75, 3.05) is 0 Å². The van der Waals surface area contributed by atoms with Crippen LogP contribution in [0.4, 0.5) is 0 Å². The van der Waals surface area contributed by atoms with Gasteiger partial charge in [-0.3, -0.25) is 9.59 Å². The van der Waals surface area contributed by atoms with E-state index >= 15 is 0 Å². The molecule has 0 radical (unpaired) electrons. The lowest BCUT2D eigenvalue weighted by Crippen LogP contribution is -2.28. The van der Waals surface area contributed by atoms with Crippen molar-refractivity contribution in [3.8, 4) is 0 Å². The average Bonchev–Trinajstić information content (AvgIpc) is 2.18. The van der Waals surface area contributed by atoms with E-state index in [9.17, 15) is 4.79 Å². The summed E-state index contributed by atoms with van der Waals surface area (Å²) in [5, 5.41) is 15.7. The van der Waals surface area contributed by atoms with E-state index < -0.39 is 5.97 Å². The van der Waals surface area contributed by atoms with Crippen molar-refractivity contribution in [2.45, 2.75) is 46.5 Å². The predicted octanol–water partition coefficient (Wildman–Crippen LogP) is 2.62. The molecule has 0 spiro atoms. The van der Waals surface area contributed by atoms with Crippen LogP contribution in [-0.2, 0) is 9.59 Å². The molecule has 4 nitrogen and oxygen atoms in total. The number of carboxylic acid groups (broad SMARTS) is 2. The first-order valence-electron chi connectivity index (χ1n) is 5.63. The quantitative estimate of drug-likeness (QED) is 0.679. The molecule has 2 N–H and O–H groups in total. The lowest BCUT2D eigenvalue weighted by atomic mass is 9.70. The molecule has 4 heteroatoms. The van der Waals surface area contributed by atoms with E-state index in [1.165, 1.54) is 0 Å². The van der Waals surface area contributed by atoms with Crippen molar-refractivity contribution in [3.63, 3.8) is 0 Å². The van der Waals surface area contributed by atoms with E-state index in [0.29, 0.717) is 11.3 Å². The number of hydrogen-bond donors (Lipinski definition) is 2. The van der Waals surface area contributed by atoms with Crippen LogP contribution in [0.2, 0.25) is 0 Å². The maximum absolute atomic E-state index is 10.7. The first-order chi connectivity index (χ1) is 7.32. The maximum Gasteiger partial charge on any atom is 0.306 e. The monoisotopic (exact) mass is 230 g/mol. The molecule has 0 aliphatic heterocycles. The lowest BCUT2D eigenvalue weighted by molar-refractivity contribution is -0.143. The fourth-order valence-corrected chi connectivity index (χ4v) is 2.21. The highest BCUT2D eigenvalue weighted by atomic mass is 16.4. The highest BCUT2D eigenvalue weighted by Gasteiger charge is 2.31. The molecule has 0 aromatic rings. The Hall–Kier alpha value is -1.06. The Balaban J connectivity index is 0.000000673. The van der Waals surface area contributed by atoms with Crippen LogP contribution in [-0.4, -0.2) is 22.7 Å². The highest BCUT2D eigenvalue weighted by molar-refractivity contribution is 5.69. The smallest absolute Gasteiger partial charge is 0.306 e. The molecule has 94 valence electrons. The van der Waals surface area contributed by atoms with Gasteiger partial charge < -0.3 is 10.2 Å². The zero-order chi connectivity index (χ0) is 12.8. The van der Waals surface area contributed by atoms with Gasteiger partial charge in [0.1, 0.15) is 0 Å². The van der Waals surface area contributed by atoms with E-state index in [1.807, 2.05) is 0 Å². The summed E-state index contributed by atoms with van der Waals surface area (Å²) in [6.07, 6.45) is 3.91. The third-order valence-electron chi connectivity index (χ3n) is 3.30. The molecule has 0 unspecified atom stereocenters. The fourth-order valence-electron chi connectivity index (χ4n) is 2.21. The van der Waals surface area contributed by atoms with E-state index in [1.54, 1.807) is 0 Å². The molecule has 0 amide bonds. The third-order valence-corrected chi connectivity index (χ3v) is 3.30. The van der Waals surface area contributed by atoms with Crippen LogP contribution in [0, 0.1) is 17.3 Å². The largest absolute Gasteiger partial charge is 0.483 e. The van der Waals surface area contributed by atoms with Crippen molar-refractivity contribution >= 4 is 12.4 Å². The fraction of sp³-hybridized carbons (Fsp3) is 0.833. The standard InChI is InChI=1S/C11H20O2.CH2O2/c1-11(2,3)9-6-4-8(5-7-9)10(12)13;2-1-3/h8-9H,4-7H2,1-3H3,(H,12,13);1H,(H,2,3). The van der Waals surface area contributed by atoms with Crippen LogP contribution in [0.3, 0.4) is 0 Å².